The summed E-state index contributed by atoms with van der Waals surface area (Å²) in [4.78, 5) is 44.8. The Morgan fingerprint density at radius 2 is 1.25 bits per heavy atom. The molecule has 7 nitrogen and oxygen atoms in total. The fraction of sp³-hybridized carbons (Fsp3) is 0.326. The number of nitrogens with two attached hydrogens (primary N) is 1. The van der Waals surface area contributed by atoms with Gasteiger partial charge in [-0.1, -0.05) is 117 Å². The predicted octanol–water partition coefficient (Wildman–Crippen LogP) is 6.75. The number of nitrogens with zero attached hydrogens (tertiary/aromatic N) is 2. The van der Waals surface area contributed by atoms with E-state index in [-0.39, 0.29) is 36.4 Å². The van der Waals surface area contributed by atoms with E-state index in [2.05, 4.69) is 5.32 Å². The Hall–Kier alpha value is -5.08. The summed E-state index contributed by atoms with van der Waals surface area (Å²) in [7, 11) is 3.21. The molecule has 0 radical (unpaired) electrons. The SMILES string of the molecule is CCC(N)(CC)CC=CC(=O)N(C)[C@H](Cc1ccc(-c2ccccc2)cc1)C(=O)N(C)[C@H](Cc1ccc(F)cc1)C(=O)NCCc1ccccc1. The highest BCUT2D eigenvalue weighted by Crippen LogP contribution is 2.22. The number of nitrogens with one attached hydrogen (secondary N) is 1. The van der Waals surface area contributed by atoms with Crippen molar-refractivity contribution in [3.8, 4) is 11.1 Å². The third kappa shape index (κ3) is 11.2. The molecule has 0 heterocycles. The highest BCUT2D eigenvalue weighted by atomic mass is 19.1. The van der Waals surface area contributed by atoms with Crippen LogP contribution in [0.5, 0.6) is 0 Å². The molecular formula is C43H51FN4O3. The predicted molar refractivity (Wildman–Crippen MR) is 203 cm³/mol. The monoisotopic (exact) mass is 690 g/mol. The molecule has 0 saturated heterocycles. The van der Waals surface area contributed by atoms with Crippen molar-refractivity contribution in [2.75, 3.05) is 20.6 Å². The second-order valence-corrected chi connectivity index (χ2v) is 13.2. The van der Waals surface area contributed by atoms with E-state index in [4.69, 9.17) is 5.73 Å². The highest BCUT2D eigenvalue weighted by molar-refractivity contribution is 5.95. The molecule has 0 fully saturated rings. The lowest BCUT2D eigenvalue weighted by Gasteiger charge is -2.34. The number of carbonyl (C=O) groups is 3. The lowest BCUT2D eigenvalue weighted by Crippen LogP contribution is -2.56. The first-order valence-corrected chi connectivity index (χ1v) is 17.7. The van der Waals surface area contributed by atoms with Gasteiger partial charge in [-0.2, -0.15) is 0 Å². The van der Waals surface area contributed by atoms with E-state index in [9.17, 15) is 18.8 Å². The Kier molecular flexibility index (Phi) is 14.3. The third-order valence-electron chi connectivity index (χ3n) is 9.80. The average molecular weight is 691 g/mol. The first-order valence-electron chi connectivity index (χ1n) is 17.7. The second kappa shape index (κ2) is 18.8. The van der Waals surface area contributed by atoms with Crippen LogP contribution in [-0.4, -0.2) is 65.8 Å². The molecule has 0 unspecified atom stereocenters. The number of hydrogen-bond acceptors (Lipinski definition) is 4. The number of halogens is 1. The summed E-state index contributed by atoms with van der Waals surface area (Å²) < 4.78 is 13.8. The van der Waals surface area contributed by atoms with Crippen molar-refractivity contribution < 1.29 is 18.8 Å². The van der Waals surface area contributed by atoms with Crippen molar-refractivity contribution in [2.24, 2.45) is 5.73 Å². The molecule has 0 saturated carbocycles. The third-order valence-corrected chi connectivity index (χ3v) is 9.80. The zero-order chi connectivity index (χ0) is 36.8. The Morgan fingerprint density at radius 1 is 0.725 bits per heavy atom. The second-order valence-electron chi connectivity index (χ2n) is 13.2. The van der Waals surface area contributed by atoms with Crippen LogP contribution in [0.1, 0.15) is 49.8 Å². The van der Waals surface area contributed by atoms with Crippen LogP contribution in [-0.2, 0) is 33.6 Å². The summed E-state index contributed by atoms with van der Waals surface area (Å²) in [5.41, 5.74) is 10.8. The Bertz CT molecular complexity index is 1720. The summed E-state index contributed by atoms with van der Waals surface area (Å²) in [6.07, 6.45) is 6.36. The molecular weight excluding hydrogens is 639 g/mol. The average Bonchev–Trinajstić information content (AvgIpc) is 3.16. The maximum atomic E-state index is 14.5. The van der Waals surface area contributed by atoms with Gasteiger partial charge in [-0.15, -0.1) is 0 Å². The van der Waals surface area contributed by atoms with Gasteiger partial charge in [0.15, 0.2) is 0 Å². The molecule has 4 aromatic rings. The molecule has 0 spiro atoms. The van der Waals surface area contributed by atoms with Crippen LogP contribution in [0.25, 0.3) is 11.1 Å². The zero-order valence-corrected chi connectivity index (χ0v) is 30.2. The van der Waals surface area contributed by atoms with E-state index in [1.807, 2.05) is 98.8 Å². The molecule has 0 aliphatic carbocycles. The van der Waals surface area contributed by atoms with Gasteiger partial charge in [-0.25, -0.2) is 4.39 Å². The van der Waals surface area contributed by atoms with Crippen LogP contribution >= 0.6 is 0 Å². The quantitative estimate of drug-likeness (QED) is 0.120. The molecule has 268 valence electrons. The van der Waals surface area contributed by atoms with E-state index < -0.39 is 17.6 Å². The van der Waals surface area contributed by atoms with E-state index in [1.54, 1.807) is 32.3 Å². The molecule has 0 bridgehead atoms. The van der Waals surface area contributed by atoms with Gasteiger partial charge < -0.3 is 20.9 Å². The van der Waals surface area contributed by atoms with Gasteiger partial charge >= 0.3 is 0 Å². The normalized spacial score (nSPS) is 12.7. The fourth-order valence-electron chi connectivity index (χ4n) is 6.01. The van der Waals surface area contributed by atoms with Crippen LogP contribution in [0.3, 0.4) is 0 Å². The van der Waals surface area contributed by atoms with Crippen LogP contribution < -0.4 is 11.1 Å². The Balaban J connectivity index is 1.61. The molecule has 0 aliphatic rings. The summed E-state index contributed by atoms with van der Waals surface area (Å²) in [5.74, 6) is -1.43. The molecule has 2 atom stereocenters. The summed E-state index contributed by atoms with van der Waals surface area (Å²) in [6.45, 7) is 4.43. The maximum Gasteiger partial charge on any atom is 0.246 e. The molecule has 3 N–H and O–H groups in total. The van der Waals surface area contributed by atoms with Gasteiger partial charge in [0.2, 0.25) is 17.7 Å². The van der Waals surface area contributed by atoms with Gasteiger partial charge in [0.05, 0.1) is 0 Å². The highest BCUT2D eigenvalue weighted by Gasteiger charge is 2.35. The molecule has 0 aliphatic heterocycles. The number of benzene rings is 4. The van der Waals surface area contributed by atoms with E-state index in [0.29, 0.717) is 24.9 Å². The molecule has 3 amide bonds. The zero-order valence-electron chi connectivity index (χ0n) is 30.2. The first-order chi connectivity index (χ1) is 24.5. The van der Waals surface area contributed by atoms with Crippen LogP contribution in [0.15, 0.2) is 121 Å². The van der Waals surface area contributed by atoms with E-state index in [0.717, 1.165) is 35.1 Å². The van der Waals surface area contributed by atoms with Gasteiger partial charge in [0.1, 0.15) is 17.9 Å². The van der Waals surface area contributed by atoms with Gasteiger partial charge in [-0.05, 0) is 71.7 Å². The topological polar surface area (TPSA) is 95.7 Å². The lowest BCUT2D eigenvalue weighted by atomic mass is 9.90. The molecule has 4 rings (SSSR count). The minimum absolute atomic E-state index is 0.169. The largest absolute Gasteiger partial charge is 0.354 e. The van der Waals surface area contributed by atoms with Crippen molar-refractivity contribution in [3.05, 3.63) is 144 Å². The first kappa shape index (κ1) is 38.7. The Morgan fingerprint density at radius 3 is 1.84 bits per heavy atom. The smallest absolute Gasteiger partial charge is 0.246 e. The van der Waals surface area contributed by atoms with Crippen LogP contribution in [0.2, 0.25) is 0 Å². The van der Waals surface area contributed by atoms with E-state index >= 15 is 0 Å². The van der Waals surface area contributed by atoms with Crippen molar-refractivity contribution >= 4 is 17.7 Å². The van der Waals surface area contributed by atoms with Crippen molar-refractivity contribution in [2.45, 2.75) is 70.0 Å². The van der Waals surface area contributed by atoms with Gasteiger partial charge in [0.25, 0.3) is 0 Å². The molecule has 8 heteroatoms. The number of amides is 3. The fourth-order valence-corrected chi connectivity index (χ4v) is 6.01. The standard InChI is InChI=1S/C43H51FN4O3/c1-5-43(45,6-2)28-13-18-40(49)47(3)39(31-33-19-23-36(24-20-33)35-16-11-8-12-17-35)42(51)48(4)38(30-34-21-25-37(44)26-22-34)41(50)46-29-27-32-14-9-7-10-15-32/h7-26,38-39H,5-6,27-31,45H2,1-4H3,(H,46,50)/t38-,39-/m1/s1. The lowest BCUT2D eigenvalue weighted by molar-refractivity contribution is -0.146. The summed E-state index contributed by atoms with van der Waals surface area (Å²) in [5, 5.41) is 3.00. The van der Waals surface area contributed by atoms with Crippen molar-refractivity contribution in [1.82, 2.24) is 15.1 Å². The number of hydrogen-bond donors (Lipinski definition) is 2. The minimum Gasteiger partial charge on any atom is -0.354 e. The van der Waals surface area contributed by atoms with Crippen molar-refractivity contribution in [1.29, 1.82) is 0 Å². The van der Waals surface area contributed by atoms with E-state index in [1.165, 1.54) is 28.0 Å². The summed E-state index contributed by atoms with van der Waals surface area (Å²) >= 11 is 0. The summed E-state index contributed by atoms with van der Waals surface area (Å²) in [6, 6.07) is 31.9. The Labute approximate surface area is 302 Å². The number of carbonyl (C=O) groups excluding carboxylic acids is 3. The molecule has 51 heavy (non-hydrogen) atoms. The maximum absolute atomic E-state index is 14.5. The van der Waals surface area contributed by atoms with Crippen LogP contribution in [0, 0.1) is 5.82 Å². The number of likely N-dealkylation sites (N-methyl/N-ethyl adjacent to an activating group) is 2. The van der Waals surface area contributed by atoms with Crippen LogP contribution in [0.4, 0.5) is 4.39 Å². The van der Waals surface area contributed by atoms with Gasteiger partial charge in [0, 0.05) is 39.0 Å². The minimum atomic E-state index is -0.914. The molecule has 4 aromatic carbocycles. The van der Waals surface area contributed by atoms with Gasteiger partial charge in [-0.3, -0.25) is 14.4 Å². The molecule has 0 aromatic heterocycles. The van der Waals surface area contributed by atoms with Crippen molar-refractivity contribution in [3.63, 3.8) is 0 Å². The number of rotatable bonds is 17.